The number of rotatable bonds is 1. The van der Waals surface area contributed by atoms with Gasteiger partial charge in [-0.05, 0) is 28.1 Å². The number of halogens is 1. The third-order valence-electron chi connectivity index (χ3n) is 1.74. The predicted octanol–water partition coefficient (Wildman–Crippen LogP) is 2.40. The van der Waals surface area contributed by atoms with Gasteiger partial charge in [0.25, 0.3) is 5.01 Å². The average Bonchev–Trinajstić information content (AvgIpc) is 2.47. The van der Waals surface area contributed by atoms with Gasteiger partial charge in [-0.25, -0.2) is 0 Å². The number of nitrogens with zero attached hydrogens (tertiary/aromatic N) is 2. The van der Waals surface area contributed by atoms with Crippen LogP contribution in [-0.2, 0) is 7.05 Å². The molecular formula is C9H8BrN2S+. The quantitative estimate of drug-likeness (QED) is 0.716. The Labute approximate surface area is 89.0 Å². The van der Waals surface area contributed by atoms with Gasteiger partial charge in [-0.3, -0.25) is 4.98 Å². The molecule has 2 aromatic heterocycles. The van der Waals surface area contributed by atoms with Crippen LogP contribution < -0.4 is 4.57 Å². The molecule has 13 heavy (non-hydrogen) atoms. The van der Waals surface area contributed by atoms with Gasteiger partial charge >= 0.3 is 0 Å². The molecule has 0 amide bonds. The second-order valence-electron chi connectivity index (χ2n) is 2.69. The average molecular weight is 256 g/mol. The molecule has 0 spiro atoms. The van der Waals surface area contributed by atoms with Gasteiger partial charge in [0.15, 0.2) is 6.20 Å². The van der Waals surface area contributed by atoms with E-state index < -0.39 is 0 Å². The maximum absolute atomic E-state index is 3.99. The van der Waals surface area contributed by atoms with E-state index in [9.17, 15) is 0 Å². The van der Waals surface area contributed by atoms with Gasteiger partial charge in [-0.1, -0.05) is 11.3 Å². The summed E-state index contributed by atoms with van der Waals surface area (Å²) in [7, 11) is 2.04. The Morgan fingerprint density at radius 1 is 1.38 bits per heavy atom. The number of thiazole rings is 1. The molecule has 0 aliphatic heterocycles. The van der Waals surface area contributed by atoms with Crippen LogP contribution in [0.3, 0.4) is 0 Å². The second kappa shape index (κ2) is 3.55. The van der Waals surface area contributed by atoms with E-state index in [1.54, 1.807) is 11.3 Å². The summed E-state index contributed by atoms with van der Waals surface area (Å²) in [5, 5.41) is 1.23. The van der Waals surface area contributed by atoms with E-state index in [0.29, 0.717) is 0 Å². The lowest BCUT2D eigenvalue weighted by Crippen LogP contribution is -2.26. The van der Waals surface area contributed by atoms with Gasteiger partial charge in [-0.15, -0.1) is 0 Å². The zero-order valence-electron chi connectivity index (χ0n) is 7.07. The molecule has 0 saturated carbocycles. The summed E-state index contributed by atoms with van der Waals surface area (Å²) in [6.07, 6.45) is 5.67. The number of hydrogen-bond donors (Lipinski definition) is 0. The molecule has 0 bridgehead atoms. The van der Waals surface area contributed by atoms with Crippen LogP contribution >= 0.6 is 27.3 Å². The normalized spacial score (nSPS) is 10.3. The molecule has 2 nitrogen and oxygen atoms in total. The molecule has 0 radical (unpaired) electrons. The van der Waals surface area contributed by atoms with Gasteiger partial charge < -0.3 is 0 Å². The Morgan fingerprint density at radius 2 is 2.08 bits per heavy atom. The topological polar surface area (TPSA) is 16.8 Å². The first-order chi connectivity index (χ1) is 6.27. The molecule has 0 unspecified atom stereocenters. The fraction of sp³-hybridized carbons (Fsp3) is 0.111. The number of aromatic nitrogens is 2. The van der Waals surface area contributed by atoms with Gasteiger partial charge in [0.2, 0.25) is 0 Å². The Bertz CT molecular complexity index is 411. The third-order valence-corrected chi connectivity index (χ3v) is 3.44. The molecule has 2 rings (SSSR count). The minimum atomic E-state index is 1.14. The minimum Gasteiger partial charge on any atom is -0.265 e. The molecular weight excluding hydrogens is 248 g/mol. The van der Waals surface area contributed by atoms with Crippen LogP contribution in [0.4, 0.5) is 0 Å². The van der Waals surface area contributed by atoms with Crippen molar-refractivity contribution in [2.75, 3.05) is 0 Å². The zero-order valence-corrected chi connectivity index (χ0v) is 9.47. The molecule has 2 heterocycles. The highest BCUT2D eigenvalue weighted by molar-refractivity contribution is 9.11. The van der Waals surface area contributed by atoms with E-state index in [-0.39, 0.29) is 0 Å². The first-order valence-electron chi connectivity index (χ1n) is 3.83. The summed E-state index contributed by atoms with van der Waals surface area (Å²) in [6, 6.07) is 4.02. The van der Waals surface area contributed by atoms with Crippen LogP contribution in [0.5, 0.6) is 0 Å². The highest BCUT2D eigenvalue weighted by Gasteiger charge is 2.13. The van der Waals surface area contributed by atoms with Crippen LogP contribution in [0.25, 0.3) is 10.6 Å². The SMILES string of the molecule is C[n+]1cc(Br)sc1-c1ccncc1. The van der Waals surface area contributed by atoms with E-state index >= 15 is 0 Å². The fourth-order valence-corrected chi connectivity index (χ4v) is 2.77. The van der Waals surface area contributed by atoms with Crippen LogP contribution in [-0.4, -0.2) is 4.98 Å². The van der Waals surface area contributed by atoms with Crippen molar-refractivity contribution >= 4 is 27.3 Å². The lowest BCUT2D eigenvalue weighted by atomic mass is 10.3. The van der Waals surface area contributed by atoms with E-state index in [2.05, 4.69) is 31.7 Å². The van der Waals surface area contributed by atoms with Crippen molar-refractivity contribution in [2.45, 2.75) is 0 Å². The third kappa shape index (κ3) is 1.78. The van der Waals surface area contributed by atoms with Crippen molar-refractivity contribution < 1.29 is 4.57 Å². The van der Waals surface area contributed by atoms with E-state index in [1.165, 1.54) is 10.6 Å². The summed E-state index contributed by atoms with van der Waals surface area (Å²) in [5.74, 6) is 0. The molecule has 0 aliphatic rings. The molecule has 0 atom stereocenters. The van der Waals surface area contributed by atoms with Crippen LogP contribution in [0.1, 0.15) is 0 Å². The highest BCUT2D eigenvalue weighted by atomic mass is 79.9. The molecule has 0 fully saturated rings. The van der Waals surface area contributed by atoms with Gasteiger partial charge in [0.05, 0.1) is 5.56 Å². The Hall–Kier alpha value is -0.740. The summed E-state index contributed by atoms with van der Waals surface area (Å²) in [5.41, 5.74) is 1.20. The fourth-order valence-electron chi connectivity index (χ4n) is 1.16. The predicted molar refractivity (Wildman–Crippen MR) is 56.4 cm³/mol. The molecule has 4 heteroatoms. The Kier molecular flexibility index (Phi) is 2.42. The van der Waals surface area contributed by atoms with Crippen molar-refractivity contribution in [3.05, 3.63) is 34.5 Å². The lowest BCUT2D eigenvalue weighted by Gasteiger charge is -1.91. The van der Waals surface area contributed by atoms with Crippen molar-refractivity contribution in [2.24, 2.45) is 7.05 Å². The molecule has 0 aromatic carbocycles. The maximum Gasteiger partial charge on any atom is 0.269 e. The molecule has 0 aliphatic carbocycles. The highest BCUT2D eigenvalue weighted by Crippen LogP contribution is 2.25. The molecule has 0 saturated heterocycles. The Balaban J connectivity index is 2.53. The van der Waals surface area contributed by atoms with Crippen LogP contribution in [0.2, 0.25) is 0 Å². The monoisotopic (exact) mass is 255 g/mol. The maximum atomic E-state index is 3.99. The number of hydrogen-bond acceptors (Lipinski definition) is 2. The number of aryl methyl sites for hydroxylation is 1. The molecule has 2 aromatic rings. The minimum absolute atomic E-state index is 1.14. The summed E-state index contributed by atoms with van der Waals surface area (Å²) in [4.78, 5) is 3.99. The van der Waals surface area contributed by atoms with Crippen LogP contribution in [0, 0.1) is 0 Å². The lowest BCUT2D eigenvalue weighted by molar-refractivity contribution is -0.656. The van der Waals surface area contributed by atoms with E-state index in [4.69, 9.17) is 0 Å². The first-order valence-corrected chi connectivity index (χ1v) is 5.43. The van der Waals surface area contributed by atoms with Gasteiger partial charge in [-0.2, -0.15) is 4.57 Å². The van der Waals surface area contributed by atoms with Crippen molar-refractivity contribution in [1.82, 2.24) is 4.98 Å². The standard InChI is InChI=1S/C9H8BrN2S/c1-12-6-8(10)13-9(12)7-2-4-11-5-3-7/h2-6H,1H3/q+1. The first kappa shape index (κ1) is 8.84. The number of pyridine rings is 1. The van der Waals surface area contributed by atoms with Gasteiger partial charge in [0, 0.05) is 12.4 Å². The van der Waals surface area contributed by atoms with Crippen LogP contribution in [0.15, 0.2) is 34.5 Å². The van der Waals surface area contributed by atoms with E-state index in [0.717, 1.165) is 3.79 Å². The van der Waals surface area contributed by atoms with Crippen molar-refractivity contribution in [3.8, 4) is 10.6 Å². The zero-order chi connectivity index (χ0) is 9.26. The summed E-state index contributed by atoms with van der Waals surface area (Å²) < 4.78 is 3.24. The second-order valence-corrected chi connectivity index (χ2v) is 5.10. The summed E-state index contributed by atoms with van der Waals surface area (Å²) >= 11 is 5.18. The Morgan fingerprint density at radius 3 is 2.62 bits per heavy atom. The van der Waals surface area contributed by atoms with Gasteiger partial charge in [0.1, 0.15) is 10.8 Å². The largest absolute Gasteiger partial charge is 0.269 e. The molecule has 0 N–H and O–H groups in total. The van der Waals surface area contributed by atoms with E-state index in [1.807, 2.05) is 31.6 Å². The smallest absolute Gasteiger partial charge is 0.265 e. The summed E-state index contributed by atoms with van der Waals surface area (Å²) in [6.45, 7) is 0. The van der Waals surface area contributed by atoms with Crippen molar-refractivity contribution in [3.63, 3.8) is 0 Å². The molecule has 66 valence electrons. The van der Waals surface area contributed by atoms with Crippen molar-refractivity contribution in [1.29, 1.82) is 0 Å².